The molecule has 0 aromatic carbocycles. The molecule has 0 aliphatic heterocycles. The zero-order valence-electron chi connectivity index (χ0n) is 8.61. The van der Waals surface area contributed by atoms with Gasteiger partial charge in [-0.05, 0) is 44.8 Å². The summed E-state index contributed by atoms with van der Waals surface area (Å²) in [5.41, 5.74) is 7.72. The Hall–Kier alpha value is -0.880. The Balaban J connectivity index is 2.34. The van der Waals surface area contributed by atoms with Crippen LogP contribution in [0.1, 0.15) is 11.4 Å². The molecule has 0 saturated carbocycles. The van der Waals surface area contributed by atoms with Gasteiger partial charge in [-0.3, -0.25) is 4.98 Å². The van der Waals surface area contributed by atoms with Gasteiger partial charge in [0.1, 0.15) is 0 Å². The van der Waals surface area contributed by atoms with Crippen LogP contribution in [0.5, 0.6) is 0 Å². The van der Waals surface area contributed by atoms with E-state index in [4.69, 9.17) is 5.73 Å². The van der Waals surface area contributed by atoms with Crippen LogP contribution in [-0.2, 0) is 6.54 Å². The van der Waals surface area contributed by atoms with Gasteiger partial charge in [0.2, 0.25) is 5.95 Å². The number of nitrogen functional groups attached to an aromatic ring is 1. The Morgan fingerprint density at radius 3 is 2.62 bits per heavy atom. The Kier molecular flexibility index (Phi) is 3.30. The Morgan fingerprint density at radius 1 is 1.31 bits per heavy atom. The summed E-state index contributed by atoms with van der Waals surface area (Å²) in [5.74, 6) is 0.508. The molecular weight excluding hydrogens is 336 g/mol. The number of anilines is 1. The lowest BCUT2D eigenvalue weighted by Gasteiger charge is -2.08. The summed E-state index contributed by atoms with van der Waals surface area (Å²) in [6.07, 6.45) is 3.52. The Labute approximate surface area is 110 Å². The van der Waals surface area contributed by atoms with Crippen molar-refractivity contribution in [2.24, 2.45) is 0 Å². The highest BCUT2D eigenvalue weighted by atomic mass is 79.9. The summed E-state index contributed by atoms with van der Waals surface area (Å²) in [4.78, 5) is 8.38. The van der Waals surface area contributed by atoms with Gasteiger partial charge in [-0.1, -0.05) is 0 Å². The molecule has 2 aromatic rings. The maximum Gasteiger partial charge on any atom is 0.200 e. The van der Waals surface area contributed by atoms with E-state index in [1.807, 2.05) is 17.6 Å². The monoisotopic (exact) mass is 344 g/mol. The van der Waals surface area contributed by atoms with E-state index >= 15 is 0 Å². The van der Waals surface area contributed by atoms with E-state index in [0.717, 1.165) is 20.3 Å². The minimum atomic E-state index is 0.508. The van der Waals surface area contributed by atoms with Crippen molar-refractivity contribution < 1.29 is 0 Å². The predicted molar refractivity (Wildman–Crippen MR) is 70.1 cm³/mol. The molecule has 2 heterocycles. The Morgan fingerprint density at radius 2 is 2.06 bits per heavy atom. The van der Waals surface area contributed by atoms with Crippen molar-refractivity contribution in [2.45, 2.75) is 13.5 Å². The smallest absolute Gasteiger partial charge is 0.200 e. The van der Waals surface area contributed by atoms with Gasteiger partial charge >= 0.3 is 0 Å². The molecule has 0 bridgehead atoms. The second kappa shape index (κ2) is 4.55. The van der Waals surface area contributed by atoms with Crippen LogP contribution in [0.25, 0.3) is 0 Å². The highest BCUT2D eigenvalue weighted by molar-refractivity contribution is 9.11. The van der Waals surface area contributed by atoms with Gasteiger partial charge < -0.3 is 10.3 Å². The first kappa shape index (κ1) is 11.6. The molecule has 0 atom stereocenters. The third kappa shape index (κ3) is 2.27. The van der Waals surface area contributed by atoms with Crippen LogP contribution < -0.4 is 5.73 Å². The van der Waals surface area contributed by atoms with E-state index < -0.39 is 0 Å². The molecule has 84 valence electrons. The quantitative estimate of drug-likeness (QED) is 0.910. The van der Waals surface area contributed by atoms with Crippen molar-refractivity contribution in [1.29, 1.82) is 0 Å². The van der Waals surface area contributed by atoms with Crippen molar-refractivity contribution in [1.82, 2.24) is 14.5 Å². The first-order valence-electron chi connectivity index (χ1n) is 4.65. The van der Waals surface area contributed by atoms with Crippen molar-refractivity contribution in [2.75, 3.05) is 5.73 Å². The van der Waals surface area contributed by atoms with Gasteiger partial charge in [-0.2, -0.15) is 0 Å². The molecule has 0 saturated heterocycles. The van der Waals surface area contributed by atoms with Gasteiger partial charge in [-0.25, -0.2) is 4.98 Å². The molecule has 6 heteroatoms. The molecule has 2 rings (SSSR count). The molecule has 0 spiro atoms. The van der Waals surface area contributed by atoms with E-state index in [1.54, 1.807) is 12.4 Å². The molecule has 2 aromatic heterocycles. The number of rotatable bonds is 2. The van der Waals surface area contributed by atoms with Gasteiger partial charge in [0.05, 0.1) is 18.4 Å². The first-order chi connectivity index (χ1) is 7.58. The van der Waals surface area contributed by atoms with E-state index in [2.05, 4.69) is 41.8 Å². The fraction of sp³-hybridized carbons (Fsp3) is 0.200. The van der Waals surface area contributed by atoms with Crippen molar-refractivity contribution >= 4 is 37.8 Å². The fourth-order valence-electron chi connectivity index (χ4n) is 1.39. The highest BCUT2D eigenvalue weighted by Crippen LogP contribution is 2.21. The summed E-state index contributed by atoms with van der Waals surface area (Å²) in [6, 6.07) is 1.96. The molecular formula is C10H10Br2N4. The van der Waals surface area contributed by atoms with E-state index in [9.17, 15) is 0 Å². The minimum Gasteiger partial charge on any atom is -0.369 e. The molecule has 16 heavy (non-hydrogen) atoms. The second-order valence-corrected chi connectivity index (χ2v) is 5.20. The largest absolute Gasteiger partial charge is 0.369 e. The molecule has 0 unspecified atom stereocenters. The Bertz CT molecular complexity index is 502. The summed E-state index contributed by atoms with van der Waals surface area (Å²) < 4.78 is 3.81. The lowest BCUT2D eigenvalue weighted by molar-refractivity contribution is 0.756. The third-order valence-electron chi connectivity index (χ3n) is 2.28. The fourth-order valence-corrected chi connectivity index (χ4v) is 2.51. The van der Waals surface area contributed by atoms with Crippen LogP contribution in [0.2, 0.25) is 0 Å². The van der Waals surface area contributed by atoms with E-state index in [-0.39, 0.29) is 0 Å². The molecule has 0 aliphatic carbocycles. The summed E-state index contributed by atoms with van der Waals surface area (Å²) in [5, 5.41) is 0. The van der Waals surface area contributed by atoms with Gasteiger partial charge in [0.15, 0.2) is 0 Å². The van der Waals surface area contributed by atoms with Gasteiger partial charge in [-0.15, -0.1) is 0 Å². The number of imidazole rings is 1. The van der Waals surface area contributed by atoms with Crippen LogP contribution in [0, 0.1) is 6.92 Å². The van der Waals surface area contributed by atoms with E-state index in [1.165, 1.54) is 0 Å². The molecule has 4 nitrogen and oxygen atoms in total. The van der Waals surface area contributed by atoms with Crippen molar-refractivity contribution in [3.8, 4) is 0 Å². The predicted octanol–water partition coefficient (Wildman–Crippen LogP) is 2.74. The van der Waals surface area contributed by atoms with E-state index in [0.29, 0.717) is 12.5 Å². The zero-order chi connectivity index (χ0) is 11.7. The SMILES string of the molecule is Cc1cnc(N)n1Cc1ncc(Br)cc1Br. The van der Waals surface area contributed by atoms with Crippen LogP contribution in [0.15, 0.2) is 27.4 Å². The number of nitrogens with zero attached hydrogens (tertiary/aromatic N) is 3. The average molecular weight is 346 g/mol. The summed E-state index contributed by atoms with van der Waals surface area (Å²) >= 11 is 6.84. The number of hydrogen-bond acceptors (Lipinski definition) is 3. The number of pyridine rings is 1. The molecule has 0 fully saturated rings. The van der Waals surface area contributed by atoms with Crippen LogP contribution in [0.3, 0.4) is 0 Å². The molecule has 0 amide bonds. The second-order valence-electron chi connectivity index (χ2n) is 3.43. The third-order valence-corrected chi connectivity index (χ3v) is 3.40. The van der Waals surface area contributed by atoms with Gasteiger partial charge in [0.25, 0.3) is 0 Å². The molecule has 0 radical (unpaired) electrons. The van der Waals surface area contributed by atoms with Crippen LogP contribution in [-0.4, -0.2) is 14.5 Å². The topological polar surface area (TPSA) is 56.7 Å². The number of nitrogens with two attached hydrogens (primary N) is 1. The van der Waals surface area contributed by atoms with Crippen molar-refractivity contribution in [3.05, 3.63) is 38.8 Å². The number of halogens is 2. The normalized spacial score (nSPS) is 10.7. The first-order valence-corrected chi connectivity index (χ1v) is 6.24. The zero-order valence-corrected chi connectivity index (χ0v) is 11.8. The maximum absolute atomic E-state index is 5.77. The van der Waals surface area contributed by atoms with Crippen molar-refractivity contribution in [3.63, 3.8) is 0 Å². The highest BCUT2D eigenvalue weighted by Gasteiger charge is 2.08. The summed E-state index contributed by atoms with van der Waals surface area (Å²) in [7, 11) is 0. The standard InChI is InChI=1S/C10H10Br2N4/c1-6-3-15-10(13)16(6)5-9-8(12)2-7(11)4-14-9/h2-4H,5H2,1H3,(H2,13,15). The summed E-state index contributed by atoms with van der Waals surface area (Å²) in [6.45, 7) is 2.58. The van der Waals surface area contributed by atoms with Crippen LogP contribution >= 0.6 is 31.9 Å². The maximum atomic E-state index is 5.77. The lowest BCUT2D eigenvalue weighted by atomic mass is 10.3. The molecule has 0 aliphatic rings. The number of aromatic nitrogens is 3. The lowest BCUT2D eigenvalue weighted by Crippen LogP contribution is -2.08. The van der Waals surface area contributed by atoms with Gasteiger partial charge in [0, 0.05) is 20.8 Å². The molecule has 2 N–H and O–H groups in total. The average Bonchev–Trinajstić information content (AvgIpc) is 2.53. The minimum absolute atomic E-state index is 0.508. The van der Waals surface area contributed by atoms with Crippen LogP contribution in [0.4, 0.5) is 5.95 Å². The number of aryl methyl sites for hydroxylation is 1. The number of hydrogen-bond donors (Lipinski definition) is 1.